The lowest BCUT2D eigenvalue weighted by atomic mass is 10.0. The summed E-state index contributed by atoms with van der Waals surface area (Å²) < 4.78 is 23.2. The third-order valence-corrected chi connectivity index (χ3v) is 6.36. The van der Waals surface area contributed by atoms with Crippen molar-refractivity contribution in [2.24, 2.45) is 4.99 Å². The minimum Gasteiger partial charge on any atom is -0.357 e. The summed E-state index contributed by atoms with van der Waals surface area (Å²) in [6.45, 7) is 5.18. The number of benzene rings is 1. The molecule has 2 atom stereocenters. The second kappa shape index (κ2) is 10.2. The molecule has 1 heterocycles. The highest BCUT2D eigenvalue weighted by atomic mass is 127. The van der Waals surface area contributed by atoms with Crippen LogP contribution in [0, 0.1) is 0 Å². The molecule has 2 N–H and O–H groups in total. The van der Waals surface area contributed by atoms with Crippen molar-refractivity contribution in [3.63, 3.8) is 0 Å². The zero-order chi connectivity index (χ0) is 17.7. The molecular weight excluding hydrogens is 496 g/mol. The van der Waals surface area contributed by atoms with E-state index in [0.29, 0.717) is 35.5 Å². The standard InChI is InChI=1S/C16H23Cl2N3O2S.HI/c1-3-19-16(21-12-7-8-24(22,23)10-12)20-9-11(2)15-13(17)5-4-6-14(15)18;/h4-6,11-12H,3,7-10H2,1-2H3,(H2,19,20,21);1H. The van der Waals surface area contributed by atoms with Crippen LogP contribution in [0.15, 0.2) is 23.2 Å². The van der Waals surface area contributed by atoms with Gasteiger partial charge in [-0.2, -0.15) is 0 Å². The van der Waals surface area contributed by atoms with E-state index < -0.39 is 9.84 Å². The molecule has 1 fully saturated rings. The molecule has 1 aromatic carbocycles. The molecule has 0 aliphatic carbocycles. The first-order valence-corrected chi connectivity index (χ1v) is 10.6. The van der Waals surface area contributed by atoms with E-state index in [2.05, 4.69) is 15.6 Å². The fourth-order valence-electron chi connectivity index (χ4n) is 2.72. The smallest absolute Gasteiger partial charge is 0.191 e. The van der Waals surface area contributed by atoms with E-state index in [4.69, 9.17) is 23.2 Å². The Morgan fingerprint density at radius 1 is 1.36 bits per heavy atom. The van der Waals surface area contributed by atoms with Gasteiger partial charge in [0.05, 0.1) is 11.5 Å². The van der Waals surface area contributed by atoms with Crippen LogP contribution < -0.4 is 10.6 Å². The van der Waals surface area contributed by atoms with E-state index in [9.17, 15) is 8.42 Å². The molecule has 0 amide bonds. The van der Waals surface area contributed by atoms with Gasteiger partial charge < -0.3 is 10.6 Å². The van der Waals surface area contributed by atoms with Crippen molar-refractivity contribution in [2.45, 2.75) is 32.2 Å². The van der Waals surface area contributed by atoms with Crippen molar-refractivity contribution in [3.05, 3.63) is 33.8 Å². The quantitative estimate of drug-likeness (QED) is 0.355. The van der Waals surface area contributed by atoms with Gasteiger partial charge in [-0.15, -0.1) is 24.0 Å². The lowest BCUT2D eigenvalue weighted by molar-refractivity contribution is 0.599. The second-order valence-electron chi connectivity index (χ2n) is 6.00. The first-order valence-electron chi connectivity index (χ1n) is 8.01. The average molecular weight is 520 g/mol. The van der Waals surface area contributed by atoms with Crippen LogP contribution in [-0.2, 0) is 9.84 Å². The van der Waals surface area contributed by atoms with Crippen molar-refractivity contribution < 1.29 is 8.42 Å². The van der Waals surface area contributed by atoms with Crippen LogP contribution in [0.1, 0.15) is 31.7 Å². The van der Waals surface area contributed by atoms with Crippen LogP contribution in [0.2, 0.25) is 10.0 Å². The number of guanidine groups is 1. The van der Waals surface area contributed by atoms with E-state index >= 15 is 0 Å². The third kappa shape index (κ3) is 6.77. The van der Waals surface area contributed by atoms with E-state index in [1.807, 2.05) is 32.0 Å². The van der Waals surface area contributed by atoms with Crippen molar-refractivity contribution >= 4 is 63.0 Å². The Labute approximate surface area is 176 Å². The summed E-state index contributed by atoms with van der Waals surface area (Å²) in [6, 6.07) is 5.36. The van der Waals surface area contributed by atoms with Gasteiger partial charge in [0.2, 0.25) is 0 Å². The Hall–Kier alpha value is -0.250. The predicted octanol–water partition coefficient (Wildman–Crippen LogP) is 3.46. The van der Waals surface area contributed by atoms with Gasteiger partial charge in [-0.3, -0.25) is 4.99 Å². The SMILES string of the molecule is CCNC(=NCC(C)c1c(Cl)cccc1Cl)NC1CCS(=O)(=O)C1.I. The van der Waals surface area contributed by atoms with Gasteiger partial charge in [0.25, 0.3) is 0 Å². The number of hydrogen-bond acceptors (Lipinski definition) is 3. The molecule has 0 radical (unpaired) electrons. The van der Waals surface area contributed by atoms with E-state index in [-0.39, 0.29) is 47.4 Å². The molecule has 2 rings (SSSR count). The average Bonchev–Trinajstić information content (AvgIpc) is 2.84. The fraction of sp³-hybridized carbons (Fsp3) is 0.562. The zero-order valence-corrected chi connectivity index (χ0v) is 18.9. The molecule has 1 aromatic rings. The molecule has 1 saturated heterocycles. The highest BCUT2D eigenvalue weighted by Gasteiger charge is 2.28. The molecule has 2 unspecified atom stereocenters. The van der Waals surface area contributed by atoms with Gasteiger partial charge in [-0.1, -0.05) is 36.2 Å². The summed E-state index contributed by atoms with van der Waals surface area (Å²) in [7, 11) is -2.92. The molecule has 1 aliphatic rings. The number of nitrogens with one attached hydrogen (secondary N) is 2. The van der Waals surface area contributed by atoms with Crippen molar-refractivity contribution in [1.82, 2.24) is 10.6 Å². The Morgan fingerprint density at radius 2 is 2.00 bits per heavy atom. The van der Waals surface area contributed by atoms with Gasteiger partial charge in [0.15, 0.2) is 15.8 Å². The molecule has 0 bridgehead atoms. The highest BCUT2D eigenvalue weighted by Crippen LogP contribution is 2.31. The van der Waals surface area contributed by atoms with Gasteiger partial charge in [-0.05, 0) is 31.0 Å². The maximum absolute atomic E-state index is 11.6. The van der Waals surface area contributed by atoms with Gasteiger partial charge >= 0.3 is 0 Å². The number of aliphatic imine (C=N–C) groups is 1. The number of nitrogens with zero attached hydrogens (tertiary/aromatic N) is 1. The molecule has 0 spiro atoms. The molecule has 1 aliphatic heterocycles. The summed E-state index contributed by atoms with van der Waals surface area (Å²) in [5, 5.41) is 7.61. The minimum atomic E-state index is -2.92. The summed E-state index contributed by atoms with van der Waals surface area (Å²) in [6.07, 6.45) is 0.610. The normalized spacial score (nSPS) is 20.6. The van der Waals surface area contributed by atoms with Crippen LogP contribution in [-0.4, -0.2) is 45.0 Å². The van der Waals surface area contributed by atoms with Gasteiger partial charge in [0, 0.05) is 35.1 Å². The first-order chi connectivity index (χ1) is 11.3. The highest BCUT2D eigenvalue weighted by molar-refractivity contribution is 14.0. The largest absolute Gasteiger partial charge is 0.357 e. The molecule has 25 heavy (non-hydrogen) atoms. The molecule has 0 saturated carbocycles. The van der Waals surface area contributed by atoms with E-state index in [1.165, 1.54) is 0 Å². The van der Waals surface area contributed by atoms with Crippen LogP contribution in [0.25, 0.3) is 0 Å². The Morgan fingerprint density at radius 3 is 2.52 bits per heavy atom. The predicted molar refractivity (Wildman–Crippen MR) is 116 cm³/mol. The topological polar surface area (TPSA) is 70.6 Å². The lowest BCUT2D eigenvalue weighted by Gasteiger charge is -2.18. The third-order valence-electron chi connectivity index (χ3n) is 3.93. The number of hydrogen-bond donors (Lipinski definition) is 2. The molecule has 9 heteroatoms. The second-order valence-corrected chi connectivity index (χ2v) is 9.04. The van der Waals surface area contributed by atoms with Crippen LogP contribution in [0.3, 0.4) is 0 Å². The summed E-state index contributed by atoms with van der Waals surface area (Å²) in [5.41, 5.74) is 0.879. The van der Waals surface area contributed by atoms with Crippen molar-refractivity contribution in [1.29, 1.82) is 0 Å². The van der Waals surface area contributed by atoms with E-state index in [1.54, 1.807) is 0 Å². The number of halogens is 3. The zero-order valence-electron chi connectivity index (χ0n) is 14.3. The van der Waals surface area contributed by atoms with E-state index in [0.717, 1.165) is 5.56 Å². The van der Waals surface area contributed by atoms with Crippen LogP contribution >= 0.6 is 47.2 Å². The Kier molecular flexibility index (Phi) is 9.28. The van der Waals surface area contributed by atoms with Crippen LogP contribution in [0.4, 0.5) is 0 Å². The van der Waals surface area contributed by atoms with Gasteiger partial charge in [0.1, 0.15) is 0 Å². The monoisotopic (exact) mass is 519 g/mol. The molecule has 0 aromatic heterocycles. The summed E-state index contributed by atoms with van der Waals surface area (Å²) in [5.74, 6) is 1.06. The Balaban J connectivity index is 0.00000312. The van der Waals surface area contributed by atoms with Crippen molar-refractivity contribution in [3.8, 4) is 0 Å². The fourth-order valence-corrected chi connectivity index (χ4v) is 5.17. The van der Waals surface area contributed by atoms with Crippen molar-refractivity contribution in [2.75, 3.05) is 24.6 Å². The van der Waals surface area contributed by atoms with Crippen LogP contribution in [0.5, 0.6) is 0 Å². The lowest BCUT2D eigenvalue weighted by Crippen LogP contribution is -2.44. The van der Waals surface area contributed by atoms with Gasteiger partial charge in [-0.25, -0.2) is 8.42 Å². The summed E-state index contributed by atoms with van der Waals surface area (Å²) >= 11 is 12.5. The number of sulfone groups is 1. The maximum Gasteiger partial charge on any atom is 0.191 e. The first kappa shape index (κ1) is 22.8. The molecule has 142 valence electrons. The Bertz CT molecular complexity index is 693. The minimum absolute atomic E-state index is 0. The number of rotatable bonds is 5. The summed E-state index contributed by atoms with van der Waals surface area (Å²) in [4.78, 5) is 4.57. The molecular formula is C16H24Cl2IN3O2S. The maximum atomic E-state index is 11.6. The molecule has 5 nitrogen and oxygen atoms in total.